The van der Waals surface area contributed by atoms with Gasteiger partial charge >= 0.3 is 5.97 Å². The SMILES string of the molecule is CCOC(=O)c1ccc(OCCC2CCN(Cc3ccccc3)CC2)cc1. The molecule has 0 aliphatic carbocycles. The Balaban J connectivity index is 1.35. The van der Waals surface area contributed by atoms with Crippen LogP contribution in [0.4, 0.5) is 0 Å². The van der Waals surface area contributed by atoms with Crippen LogP contribution in [0, 0.1) is 5.92 Å². The average Bonchev–Trinajstić information content (AvgIpc) is 2.71. The van der Waals surface area contributed by atoms with E-state index in [0.717, 1.165) is 44.3 Å². The molecule has 0 amide bonds. The molecule has 1 aliphatic rings. The largest absolute Gasteiger partial charge is 0.494 e. The second-order valence-corrected chi connectivity index (χ2v) is 7.09. The Labute approximate surface area is 162 Å². The summed E-state index contributed by atoms with van der Waals surface area (Å²) in [5, 5.41) is 0. The molecule has 1 aliphatic heterocycles. The molecule has 2 aromatic carbocycles. The Bertz CT molecular complexity index is 691. The molecular weight excluding hydrogens is 338 g/mol. The summed E-state index contributed by atoms with van der Waals surface area (Å²) in [6.45, 7) is 6.30. The molecule has 144 valence electrons. The second-order valence-electron chi connectivity index (χ2n) is 7.09. The van der Waals surface area contributed by atoms with Crippen LogP contribution >= 0.6 is 0 Å². The van der Waals surface area contributed by atoms with Crippen molar-refractivity contribution in [3.8, 4) is 5.75 Å². The van der Waals surface area contributed by atoms with Crippen molar-refractivity contribution in [3.05, 3.63) is 65.7 Å². The second kappa shape index (κ2) is 10.1. The first-order valence-electron chi connectivity index (χ1n) is 9.91. The molecule has 3 rings (SSSR count). The van der Waals surface area contributed by atoms with Crippen LogP contribution in [0.25, 0.3) is 0 Å². The van der Waals surface area contributed by atoms with Gasteiger partial charge in [-0.05, 0) is 75.0 Å². The molecule has 0 N–H and O–H groups in total. The highest BCUT2D eigenvalue weighted by atomic mass is 16.5. The van der Waals surface area contributed by atoms with Crippen LogP contribution in [0.5, 0.6) is 5.75 Å². The number of ether oxygens (including phenoxy) is 2. The molecule has 0 atom stereocenters. The van der Waals surface area contributed by atoms with Gasteiger partial charge in [-0.3, -0.25) is 4.90 Å². The van der Waals surface area contributed by atoms with Crippen molar-refractivity contribution in [1.29, 1.82) is 0 Å². The zero-order valence-corrected chi connectivity index (χ0v) is 16.1. The van der Waals surface area contributed by atoms with E-state index in [-0.39, 0.29) is 5.97 Å². The summed E-state index contributed by atoms with van der Waals surface area (Å²) in [5.41, 5.74) is 1.96. The fourth-order valence-corrected chi connectivity index (χ4v) is 3.52. The Morgan fingerprint density at radius 3 is 2.41 bits per heavy atom. The zero-order valence-electron chi connectivity index (χ0n) is 16.1. The van der Waals surface area contributed by atoms with Crippen molar-refractivity contribution in [2.75, 3.05) is 26.3 Å². The summed E-state index contributed by atoms with van der Waals surface area (Å²) < 4.78 is 10.9. The highest BCUT2D eigenvalue weighted by Gasteiger charge is 2.19. The number of esters is 1. The van der Waals surface area contributed by atoms with Crippen LogP contribution in [0.1, 0.15) is 42.1 Å². The number of benzene rings is 2. The summed E-state index contributed by atoms with van der Waals surface area (Å²) in [7, 11) is 0. The summed E-state index contributed by atoms with van der Waals surface area (Å²) in [6.07, 6.45) is 3.55. The van der Waals surface area contributed by atoms with Crippen molar-refractivity contribution in [2.45, 2.75) is 32.7 Å². The number of carbonyl (C=O) groups is 1. The van der Waals surface area contributed by atoms with Crippen molar-refractivity contribution in [3.63, 3.8) is 0 Å². The number of hydrogen-bond acceptors (Lipinski definition) is 4. The summed E-state index contributed by atoms with van der Waals surface area (Å²) in [4.78, 5) is 14.2. The lowest BCUT2D eigenvalue weighted by molar-refractivity contribution is 0.0526. The Hall–Kier alpha value is -2.33. The fourth-order valence-electron chi connectivity index (χ4n) is 3.52. The van der Waals surface area contributed by atoms with Crippen LogP contribution < -0.4 is 4.74 Å². The van der Waals surface area contributed by atoms with Gasteiger partial charge in [-0.25, -0.2) is 4.79 Å². The third kappa shape index (κ3) is 6.10. The van der Waals surface area contributed by atoms with Gasteiger partial charge in [0.25, 0.3) is 0 Å². The molecule has 0 saturated carbocycles. The molecule has 27 heavy (non-hydrogen) atoms. The lowest BCUT2D eigenvalue weighted by Crippen LogP contribution is -2.33. The van der Waals surface area contributed by atoms with E-state index < -0.39 is 0 Å². The minimum absolute atomic E-state index is 0.286. The lowest BCUT2D eigenvalue weighted by atomic mass is 9.93. The van der Waals surface area contributed by atoms with Crippen molar-refractivity contribution in [1.82, 2.24) is 4.90 Å². The van der Waals surface area contributed by atoms with Gasteiger partial charge < -0.3 is 9.47 Å². The van der Waals surface area contributed by atoms with Crippen LogP contribution in [-0.4, -0.2) is 37.2 Å². The molecule has 0 spiro atoms. The minimum Gasteiger partial charge on any atom is -0.494 e. The predicted molar refractivity (Wildman–Crippen MR) is 107 cm³/mol. The molecule has 0 bridgehead atoms. The minimum atomic E-state index is -0.286. The van der Waals surface area contributed by atoms with Crippen molar-refractivity contribution >= 4 is 5.97 Å². The Kier molecular flexibility index (Phi) is 7.28. The topological polar surface area (TPSA) is 38.8 Å². The van der Waals surface area contributed by atoms with Crippen LogP contribution in [-0.2, 0) is 11.3 Å². The van der Waals surface area contributed by atoms with E-state index in [4.69, 9.17) is 9.47 Å². The molecule has 2 aromatic rings. The van der Waals surface area contributed by atoms with Gasteiger partial charge in [-0.2, -0.15) is 0 Å². The summed E-state index contributed by atoms with van der Waals surface area (Å²) >= 11 is 0. The monoisotopic (exact) mass is 367 g/mol. The van der Waals surface area contributed by atoms with Crippen molar-refractivity contribution in [2.24, 2.45) is 5.92 Å². The van der Waals surface area contributed by atoms with Gasteiger partial charge in [-0.1, -0.05) is 30.3 Å². The molecule has 1 fully saturated rings. The highest BCUT2D eigenvalue weighted by molar-refractivity contribution is 5.89. The number of piperidine rings is 1. The highest BCUT2D eigenvalue weighted by Crippen LogP contribution is 2.22. The first kappa shape index (κ1) is 19.4. The standard InChI is InChI=1S/C23H29NO3/c1-2-26-23(25)21-8-10-22(11-9-21)27-17-14-19-12-15-24(16-13-19)18-20-6-4-3-5-7-20/h3-11,19H,2,12-18H2,1H3. The van der Waals surface area contributed by atoms with E-state index in [2.05, 4.69) is 35.2 Å². The van der Waals surface area contributed by atoms with E-state index in [1.165, 1.54) is 18.4 Å². The molecular formula is C23H29NO3. The van der Waals surface area contributed by atoms with Crippen LogP contribution in [0.2, 0.25) is 0 Å². The van der Waals surface area contributed by atoms with Gasteiger partial charge in [0.05, 0.1) is 18.8 Å². The third-order valence-electron chi connectivity index (χ3n) is 5.12. The smallest absolute Gasteiger partial charge is 0.338 e. The van der Waals surface area contributed by atoms with E-state index in [1.807, 2.05) is 19.1 Å². The number of carbonyl (C=O) groups excluding carboxylic acids is 1. The summed E-state index contributed by atoms with van der Waals surface area (Å²) in [6, 6.07) is 17.9. The third-order valence-corrected chi connectivity index (χ3v) is 5.12. The lowest BCUT2D eigenvalue weighted by Gasteiger charge is -2.32. The maximum Gasteiger partial charge on any atom is 0.338 e. The van der Waals surface area contributed by atoms with Gasteiger partial charge in [0.2, 0.25) is 0 Å². The first-order chi connectivity index (χ1) is 13.2. The fraction of sp³-hybridized carbons (Fsp3) is 0.435. The number of rotatable bonds is 8. The normalized spacial score (nSPS) is 15.4. The molecule has 0 radical (unpaired) electrons. The van der Waals surface area contributed by atoms with Crippen molar-refractivity contribution < 1.29 is 14.3 Å². The maximum absolute atomic E-state index is 11.7. The van der Waals surface area contributed by atoms with Gasteiger partial charge in [0, 0.05) is 6.54 Å². The maximum atomic E-state index is 11.7. The number of hydrogen-bond donors (Lipinski definition) is 0. The van der Waals surface area contributed by atoms with E-state index >= 15 is 0 Å². The Morgan fingerprint density at radius 2 is 1.74 bits per heavy atom. The quantitative estimate of drug-likeness (QED) is 0.642. The van der Waals surface area contributed by atoms with Crippen LogP contribution in [0.15, 0.2) is 54.6 Å². The molecule has 1 saturated heterocycles. The van der Waals surface area contributed by atoms with Gasteiger partial charge in [0.1, 0.15) is 5.75 Å². The Morgan fingerprint density at radius 1 is 1.04 bits per heavy atom. The van der Waals surface area contributed by atoms with Gasteiger partial charge in [-0.15, -0.1) is 0 Å². The molecule has 4 heteroatoms. The molecule has 4 nitrogen and oxygen atoms in total. The van der Waals surface area contributed by atoms with Crippen LogP contribution in [0.3, 0.4) is 0 Å². The van der Waals surface area contributed by atoms with Gasteiger partial charge in [0.15, 0.2) is 0 Å². The van der Waals surface area contributed by atoms with E-state index in [0.29, 0.717) is 12.2 Å². The molecule has 1 heterocycles. The number of likely N-dealkylation sites (tertiary alicyclic amines) is 1. The molecule has 0 unspecified atom stereocenters. The first-order valence-corrected chi connectivity index (χ1v) is 9.91. The van der Waals surface area contributed by atoms with E-state index in [9.17, 15) is 4.79 Å². The summed E-state index contributed by atoms with van der Waals surface area (Å²) in [5.74, 6) is 1.26. The van der Waals surface area contributed by atoms with E-state index in [1.54, 1.807) is 12.1 Å². The zero-order chi connectivity index (χ0) is 18.9. The number of nitrogens with zero attached hydrogens (tertiary/aromatic N) is 1. The molecule has 0 aromatic heterocycles. The predicted octanol–water partition coefficient (Wildman–Crippen LogP) is 4.54. The average molecular weight is 367 g/mol.